The van der Waals surface area contributed by atoms with Crippen LogP contribution in [0.5, 0.6) is 0 Å². The number of halogens is 4. The third-order valence-corrected chi connectivity index (χ3v) is 5.74. The van der Waals surface area contributed by atoms with Gasteiger partial charge in [-0.25, -0.2) is 12.7 Å². The van der Waals surface area contributed by atoms with Gasteiger partial charge in [0.15, 0.2) is 0 Å². The summed E-state index contributed by atoms with van der Waals surface area (Å²) in [4.78, 5) is 0. The molecule has 0 bridgehead atoms. The highest BCUT2D eigenvalue weighted by Crippen LogP contribution is 2.33. The lowest BCUT2D eigenvalue weighted by Crippen LogP contribution is -2.44. The first-order valence-electron chi connectivity index (χ1n) is 7.04. The molecule has 9 heteroatoms. The van der Waals surface area contributed by atoms with Crippen LogP contribution in [0.2, 0.25) is 0 Å². The molecule has 1 aromatic rings. The maximum Gasteiger partial charge on any atom is 0.416 e. The van der Waals surface area contributed by atoms with Gasteiger partial charge in [0.25, 0.3) is 0 Å². The molecule has 4 nitrogen and oxygen atoms in total. The molecular weight excluding hydrogens is 353 g/mol. The molecule has 132 valence electrons. The second-order valence-electron chi connectivity index (χ2n) is 5.37. The van der Waals surface area contributed by atoms with E-state index >= 15 is 0 Å². The standard InChI is InChI=1S/C14H19F3N2O2S.ClH/c1-18-12-6-8-19(9-7-12)22(20,21)10-11-4-2-3-5-13(11)14(15,16)17;/h2-5,12,18H,6-10H2,1H3;1H. The molecule has 0 saturated carbocycles. The molecule has 1 aliphatic heterocycles. The molecule has 1 fully saturated rings. The van der Waals surface area contributed by atoms with Crippen LogP contribution < -0.4 is 5.32 Å². The van der Waals surface area contributed by atoms with E-state index in [-0.39, 0.29) is 24.0 Å². The van der Waals surface area contributed by atoms with Crippen LogP contribution in [0.3, 0.4) is 0 Å². The minimum atomic E-state index is -4.55. The second kappa shape index (κ2) is 7.83. The van der Waals surface area contributed by atoms with Gasteiger partial charge in [0.05, 0.1) is 11.3 Å². The summed E-state index contributed by atoms with van der Waals surface area (Å²) >= 11 is 0. The Balaban J connectivity index is 0.00000264. The van der Waals surface area contributed by atoms with Crippen LogP contribution >= 0.6 is 12.4 Å². The van der Waals surface area contributed by atoms with Gasteiger partial charge in [-0.05, 0) is 31.5 Å². The van der Waals surface area contributed by atoms with Crippen LogP contribution in [0.15, 0.2) is 24.3 Å². The first-order valence-corrected chi connectivity index (χ1v) is 8.65. The SMILES string of the molecule is CNC1CCN(S(=O)(=O)Cc2ccccc2C(F)(F)F)CC1.Cl. The van der Waals surface area contributed by atoms with Crippen molar-refractivity contribution in [3.05, 3.63) is 35.4 Å². The number of sulfonamides is 1. The van der Waals surface area contributed by atoms with Crippen molar-refractivity contribution in [2.45, 2.75) is 30.8 Å². The van der Waals surface area contributed by atoms with Gasteiger partial charge in [-0.15, -0.1) is 12.4 Å². The summed E-state index contributed by atoms with van der Waals surface area (Å²) in [5.74, 6) is -0.618. The topological polar surface area (TPSA) is 49.4 Å². The minimum Gasteiger partial charge on any atom is -0.317 e. The molecule has 1 aromatic carbocycles. The average molecular weight is 373 g/mol. The highest BCUT2D eigenvalue weighted by Gasteiger charge is 2.35. The van der Waals surface area contributed by atoms with Crippen molar-refractivity contribution in [3.8, 4) is 0 Å². The van der Waals surface area contributed by atoms with Gasteiger partial charge < -0.3 is 5.32 Å². The molecule has 1 N–H and O–H groups in total. The number of piperidine rings is 1. The van der Waals surface area contributed by atoms with Crippen LogP contribution in [0.4, 0.5) is 13.2 Å². The smallest absolute Gasteiger partial charge is 0.317 e. The molecule has 0 spiro atoms. The Morgan fingerprint density at radius 3 is 2.30 bits per heavy atom. The van der Waals surface area contributed by atoms with Gasteiger partial charge >= 0.3 is 6.18 Å². The van der Waals surface area contributed by atoms with Gasteiger partial charge in [-0.1, -0.05) is 18.2 Å². The van der Waals surface area contributed by atoms with Crippen LogP contribution in [0.25, 0.3) is 0 Å². The first-order chi connectivity index (χ1) is 10.2. The van der Waals surface area contributed by atoms with Crippen LogP contribution in [-0.2, 0) is 22.0 Å². The largest absolute Gasteiger partial charge is 0.416 e. The van der Waals surface area contributed by atoms with E-state index in [9.17, 15) is 21.6 Å². The summed E-state index contributed by atoms with van der Waals surface area (Å²) in [6.07, 6.45) is -3.22. The van der Waals surface area contributed by atoms with E-state index in [0.717, 1.165) is 6.07 Å². The highest BCUT2D eigenvalue weighted by atomic mass is 35.5. The van der Waals surface area contributed by atoms with Crippen LogP contribution in [-0.4, -0.2) is 38.9 Å². The van der Waals surface area contributed by atoms with Crippen molar-refractivity contribution >= 4 is 22.4 Å². The van der Waals surface area contributed by atoms with Crippen molar-refractivity contribution in [1.29, 1.82) is 0 Å². The van der Waals surface area contributed by atoms with Gasteiger partial charge in [0.1, 0.15) is 0 Å². The lowest BCUT2D eigenvalue weighted by molar-refractivity contribution is -0.138. The molecule has 1 aliphatic rings. The Morgan fingerprint density at radius 2 is 1.78 bits per heavy atom. The molecule has 0 atom stereocenters. The predicted molar refractivity (Wildman–Crippen MR) is 85.0 cm³/mol. The molecule has 2 rings (SSSR count). The third kappa shape index (κ3) is 5.07. The number of nitrogens with one attached hydrogen (secondary N) is 1. The van der Waals surface area contributed by atoms with E-state index < -0.39 is 27.5 Å². The zero-order valence-electron chi connectivity index (χ0n) is 12.6. The molecule has 0 unspecified atom stereocenters. The monoisotopic (exact) mass is 372 g/mol. The number of nitrogens with zero attached hydrogens (tertiary/aromatic N) is 1. The zero-order valence-corrected chi connectivity index (χ0v) is 14.3. The van der Waals surface area contributed by atoms with E-state index in [1.54, 1.807) is 0 Å². The Morgan fingerprint density at radius 1 is 1.22 bits per heavy atom. The Labute approximate surface area is 140 Å². The summed E-state index contributed by atoms with van der Waals surface area (Å²) in [5.41, 5.74) is -1.09. The third-order valence-electron chi connectivity index (χ3n) is 3.92. The summed E-state index contributed by atoms with van der Waals surface area (Å²) in [7, 11) is -1.93. The Kier molecular flexibility index (Phi) is 6.88. The molecule has 0 amide bonds. The lowest BCUT2D eigenvalue weighted by Gasteiger charge is -2.31. The first kappa shape index (κ1) is 20.2. The molecule has 0 aromatic heterocycles. The van der Waals surface area contributed by atoms with E-state index in [0.29, 0.717) is 25.9 Å². The van der Waals surface area contributed by atoms with Crippen molar-refractivity contribution in [2.24, 2.45) is 0 Å². The molecular formula is C14H20ClF3N2O2S. The van der Waals surface area contributed by atoms with Crippen molar-refractivity contribution in [1.82, 2.24) is 9.62 Å². The summed E-state index contributed by atoms with van der Waals surface area (Å²) < 4.78 is 64.9. The number of rotatable bonds is 4. The van der Waals surface area contributed by atoms with E-state index in [1.165, 1.54) is 22.5 Å². The average Bonchev–Trinajstić information content (AvgIpc) is 2.46. The van der Waals surface area contributed by atoms with Crippen LogP contribution in [0.1, 0.15) is 24.0 Å². The molecule has 0 aliphatic carbocycles. The highest BCUT2D eigenvalue weighted by molar-refractivity contribution is 7.88. The number of benzene rings is 1. The number of alkyl halides is 3. The number of hydrogen-bond donors (Lipinski definition) is 1. The fourth-order valence-corrected chi connectivity index (χ4v) is 4.23. The maximum atomic E-state index is 12.9. The minimum absolute atomic E-state index is 0. The van der Waals surface area contributed by atoms with Crippen LogP contribution in [0, 0.1) is 0 Å². The molecule has 0 radical (unpaired) electrons. The summed E-state index contributed by atoms with van der Waals surface area (Å²) in [5, 5.41) is 3.08. The van der Waals surface area contributed by atoms with Crippen molar-refractivity contribution in [2.75, 3.05) is 20.1 Å². The number of hydrogen-bond acceptors (Lipinski definition) is 3. The normalized spacial score (nSPS) is 17.7. The second-order valence-corrected chi connectivity index (χ2v) is 7.34. The fraction of sp³-hybridized carbons (Fsp3) is 0.571. The molecule has 1 saturated heterocycles. The molecule has 23 heavy (non-hydrogen) atoms. The van der Waals surface area contributed by atoms with Gasteiger partial charge in [-0.2, -0.15) is 13.2 Å². The molecule has 1 heterocycles. The van der Waals surface area contributed by atoms with E-state index in [4.69, 9.17) is 0 Å². The lowest BCUT2D eigenvalue weighted by atomic mass is 10.1. The summed E-state index contributed by atoms with van der Waals surface area (Å²) in [6, 6.07) is 5.08. The zero-order chi connectivity index (χ0) is 16.4. The van der Waals surface area contributed by atoms with E-state index in [1.807, 2.05) is 7.05 Å². The van der Waals surface area contributed by atoms with Gasteiger partial charge in [-0.3, -0.25) is 0 Å². The van der Waals surface area contributed by atoms with Crippen molar-refractivity contribution < 1.29 is 21.6 Å². The van der Waals surface area contributed by atoms with Gasteiger partial charge in [0.2, 0.25) is 10.0 Å². The Bertz CT molecular complexity index is 615. The van der Waals surface area contributed by atoms with Crippen molar-refractivity contribution in [3.63, 3.8) is 0 Å². The van der Waals surface area contributed by atoms with Gasteiger partial charge in [0, 0.05) is 19.1 Å². The summed E-state index contributed by atoms with van der Waals surface area (Å²) in [6.45, 7) is 0.671. The fourth-order valence-electron chi connectivity index (χ4n) is 2.63. The maximum absolute atomic E-state index is 12.9. The Hall–Kier alpha value is -0.830. The predicted octanol–water partition coefficient (Wildman–Crippen LogP) is 2.64. The quantitative estimate of drug-likeness (QED) is 0.884. The van der Waals surface area contributed by atoms with E-state index in [2.05, 4.69) is 5.32 Å².